The number of carbonyl (C=O) groups excluding carboxylic acids is 3. The Bertz CT molecular complexity index is 649. The first-order valence-electron chi connectivity index (χ1n) is 5.61. The molecular weight excluding hydrogens is 348 g/mol. The molecule has 8 nitrogen and oxygen atoms in total. The lowest BCUT2D eigenvalue weighted by Crippen LogP contribution is -2.43. The van der Waals surface area contributed by atoms with E-state index in [2.05, 4.69) is 31.5 Å². The SMILES string of the molecule is O=C(COC(=O)c1ccc(Br)o1)NNC(=O)c1ccco1. The predicted molar refractivity (Wildman–Crippen MR) is 71.0 cm³/mol. The summed E-state index contributed by atoms with van der Waals surface area (Å²) < 4.78 is 14.8. The Morgan fingerprint density at radius 1 is 1.14 bits per heavy atom. The van der Waals surface area contributed by atoms with Crippen LogP contribution in [-0.4, -0.2) is 24.4 Å². The van der Waals surface area contributed by atoms with Gasteiger partial charge in [0.15, 0.2) is 17.0 Å². The van der Waals surface area contributed by atoms with Crippen molar-refractivity contribution in [2.24, 2.45) is 0 Å². The van der Waals surface area contributed by atoms with Gasteiger partial charge in [0.1, 0.15) is 0 Å². The normalized spacial score (nSPS) is 9.95. The molecule has 0 aliphatic rings. The number of hydrazine groups is 1. The largest absolute Gasteiger partial charge is 0.459 e. The lowest BCUT2D eigenvalue weighted by molar-refractivity contribution is -0.125. The fraction of sp³-hybridized carbons (Fsp3) is 0.0833. The average molecular weight is 357 g/mol. The summed E-state index contributed by atoms with van der Waals surface area (Å²) in [4.78, 5) is 34.3. The third-order valence-corrected chi connectivity index (χ3v) is 2.60. The van der Waals surface area contributed by atoms with Gasteiger partial charge in [0.25, 0.3) is 5.91 Å². The van der Waals surface area contributed by atoms with Crippen LogP contribution in [0.2, 0.25) is 0 Å². The summed E-state index contributed by atoms with van der Waals surface area (Å²) in [6.07, 6.45) is 1.32. The molecule has 0 aliphatic carbocycles. The lowest BCUT2D eigenvalue weighted by Gasteiger charge is -2.06. The van der Waals surface area contributed by atoms with Crippen LogP contribution in [0, 0.1) is 0 Å². The molecule has 0 radical (unpaired) electrons. The van der Waals surface area contributed by atoms with Gasteiger partial charge in [-0.05, 0) is 40.2 Å². The van der Waals surface area contributed by atoms with Crippen LogP contribution in [0.3, 0.4) is 0 Å². The summed E-state index contributed by atoms with van der Waals surface area (Å²) in [5.41, 5.74) is 4.17. The maximum absolute atomic E-state index is 11.5. The summed E-state index contributed by atoms with van der Waals surface area (Å²) >= 11 is 3.03. The van der Waals surface area contributed by atoms with Crippen molar-refractivity contribution in [1.29, 1.82) is 0 Å². The number of carbonyl (C=O) groups is 3. The van der Waals surface area contributed by atoms with Crippen molar-refractivity contribution in [3.63, 3.8) is 0 Å². The number of rotatable bonds is 4. The van der Waals surface area contributed by atoms with Crippen LogP contribution in [0.4, 0.5) is 0 Å². The van der Waals surface area contributed by atoms with E-state index in [0.29, 0.717) is 4.67 Å². The van der Waals surface area contributed by atoms with E-state index in [4.69, 9.17) is 8.83 Å². The molecule has 0 atom stereocenters. The highest BCUT2D eigenvalue weighted by Crippen LogP contribution is 2.14. The number of hydrogen-bond acceptors (Lipinski definition) is 6. The second-order valence-corrected chi connectivity index (χ2v) is 4.44. The van der Waals surface area contributed by atoms with Crippen LogP contribution in [0.25, 0.3) is 0 Å². The number of hydrogen-bond donors (Lipinski definition) is 2. The van der Waals surface area contributed by atoms with Crippen LogP contribution in [0.1, 0.15) is 21.1 Å². The molecule has 9 heteroatoms. The second kappa shape index (κ2) is 6.75. The quantitative estimate of drug-likeness (QED) is 0.630. The zero-order valence-corrected chi connectivity index (χ0v) is 12.0. The minimum atomic E-state index is -0.798. The fourth-order valence-corrected chi connectivity index (χ4v) is 1.56. The zero-order valence-electron chi connectivity index (χ0n) is 10.4. The van der Waals surface area contributed by atoms with E-state index < -0.39 is 24.4 Å². The number of furan rings is 2. The molecule has 0 bridgehead atoms. The van der Waals surface area contributed by atoms with E-state index >= 15 is 0 Å². The first-order valence-corrected chi connectivity index (χ1v) is 6.40. The maximum atomic E-state index is 11.5. The molecule has 2 amide bonds. The van der Waals surface area contributed by atoms with E-state index in [-0.39, 0.29) is 11.5 Å². The Morgan fingerprint density at radius 3 is 2.57 bits per heavy atom. The van der Waals surface area contributed by atoms with Gasteiger partial charge in [-0.3, -0.25) is 20.4 Å². The molecular formula is C12H9BrN2O6. The van der Waals surface area contributed by atoms with Gasteiger partial charge in [-0.15, -0.1) is 0 Å². The molecule has 2 N–H and O–H groups in total. The number of halogens is 1. The molecule has 2 heterocycles. The van der Waals surface area contributed by atoms with E-state index in [0.717, 1.165) is 0 Å². The second-order valence-electron chi connectivity index (χ2n) is 3.66. The van der Waals surface area contributed by atoms with Crippen LogP contribution < -0.4 is 10.9 Å². The van der Waals surface area contributed by atoms with Gasteiger partial charge < -0.3 is 13.6 Å². The molecule has 0 saturated carbocycles. The van der Waals surface area contributed by atoms with Crippen molar-refractivity contribution in [2.45, 2.75) is 0 Å². The smallest absolute Gasteiger partial charge is 0.374 e. The molecule has 0 aliphatic heterocycles. The van der Waals surface area contributed by atoms with Gasteiger partial charge in [-0.25, -0.2) is 4.79 Å². The Balaban J connectivity index is 1.72. The van der Waals surface area contributed by atoms with Crippen molar-refractivity contribution < 1.29 is 28.0 Å². The lowest BCUT2D eigenvalue weighted by atomic mass is 10.4. The molecule has 0 saturated heterocycles. The number of esters is 1. The Kier molecular flexibility index (Phi) is 4.77. The maximum Gasteiger partial charge on any atom is 0.374 e. The average Bonchev–Trinajstić information content (AvgIpc) is 3.13. The monoisotopic (exact) mass is 356 g/mol. The van der Waals surface area contributed by atoms with E-state index in [1.807, 2.05) is 0 Å². The summed E-state index contributed by atoms with van der Waals surface area (Å²) in [6.45, 7) is -0.574. The molecule has 110 valence electrons. The van der Waals surface area contributed by atoms with E-state index in [1.54, 1.807) is 0 Å². The van der Waals surface area contributed by atoms with Crippen LogP contribution in [0.5, 0.6) is 0 Å². The van der Waals surface area contributed by atoms with Gasteiger partial charge in [-0.1, -0.05) is 0 Å². The summed E-state index contributed by atoms with van der Waals surface area (Å²) in [7, 11) is 0. The van der Waals surface area contributed by atoms with Crippen molar-refractivity contribution in [1.82, 2.24) is 10.9 Å². The third kappa shape index (κ3) is 4.21. The van der Waals surface area contributed by atoms with Gasteiger partial charge >= 0.3 is 11.9 Å². The van der Waals surface area contributed by atoms with Gasteiger partial charge in [-0.2, -0.15) is 0 Å². The molecule has 0 aromatic carbocycles. The fourth-order valence-electron chi connectivity index (χ4n) is 1.26. The molecule has 21 heavy (non-hydrogen) atoms. The van der Waals surface area contributed by atoms with Crippen molar-refractivity contribution >= 4 is 33.7 Å². The molecule has 0 spiro atoms. The Hall–Kier alpha value is -2.55. The first kappa shape index (κ1) is 14.9. The molecule has 2 aromatic rings. The standard InChI is InChI=1S/C12H9BrN2O6/c13-9-4-3-8(21-9)12(18)20-6-10(16)14-15-11(17)7-2-1-5-19-7/h1-5H,6H2,(H,14,16)(H,15,17). The topological polar surface area (TPSA) is 111 Å². The van der Waals surface area contributed by atoms with Gasteiger partial charge in [0.2, 0.25) is 5.76 Å². The highest BCUT2D eigenvalue weighted by Gasteiger charge is 2.15. The predicted octanol–water partition coefficient (Wildman–Crippen LogP) is 1.25. The third-order valence-electron chi connectivity index (χ3n) is 2.17. The summed E-state index contributed by atoms with van der Waals surface area (Å²) in [5.74, 6) is -2.15. The van der Waals surface area contributed by atoms with E-state index in [9.17, 15) is 14.4 Å². The number of nitrogens with one attached hydrogen (secondary N) is 2. The van der Waals surface area contributed by atoms with Crippen LogP contribution >= 0.6 is 15.9 Å². The zero-order chi connectivity index (χ0) is 15.2. The molecule has 2 rings (SSSR count). The van der Waals surface area contributed by atoms with E-state index in [1.165, 1.54) is 30.5 Å². The van der Waals surface area contributed by atoms with Gasteiger partial charge in [0, 0.05) is 0 Å². The highest BCUT2D eigenvalue weighted by atomic mass is 79.9. The Morgan fingerprint density at radius 2 is 1.95 bits per heavy atom. The van der Waals surface area contributed by atoms with Crippen molar-refractivity contribution in [3.8, 4) is 0 Å². The molecule has 2 aromatic heterocycles. The minimum Gasteiger partial charge on any atom is -0.459 e. The van der Waals surface area contributed by atoms with Crippen LogP contribution in [-0.2, 0) is 9.53 Å². The van der Waals surface area contributed by atoms with Crippen molar-refractivity contribution in [3.05, 3.63) is 46.7 Å². The first-order chi connectivity index (χ1) is 10.1. The highest BCUT2D eigenvalue weighted by molar-refractivity contribution is 9.10. The molecule has 0 unspecified atom stereocenters. The van der Waals surface area contributed by atoms with Gasteiger partial charge in [0.05, 0.1) is 6.26 Å². The number of amides is 2. The number of ether oxygens (including phenoxy) is 1. The Labute approximate surface area is 126 Å². The van der Waals surface area contributed by atoms with Crippen molar-refractivity contribution in [2.75, 3.05) is 6.61 Å². The molecule has 0 fully saturated rings. The summed E-state index contributed by atoms with van der Waals surface area (Å²) in [6, 6.07) is 5.86. The van der Waals surface area contributed by atoms with Crippen LogP contribution in [0.15, 0.2) is 44.0 Å². The minimum absolute atomic E-state index is 0.0349. The summed E-state index contributed by atoms with van der Waals surface area (Å²) in [5, 5.41) is 0.